The Morgan fingerprint density at radius 2 is 1.89 bits per heavy atom. The summed E-state index contributed by atoms with van der Waals surface area (Å²) in [6.45, 7) is 2.48. The fourth-order valence-corrected chi connectivity index (χ4v) is 3.07. The molecule has 0 saturated carbocycles. The molecule has 3 N–H and O–H groups in total. The van der Waals surface area contributed by atoms with Crippen LogP contribution in [0.4, 0.5) is 11.4 Å². The first-order chi connectivity index (χ1) is 13.0. The van der Waals surface area contributed by atoms with Crippen molar-refractivity contribution in [2.24, 2.45) is 5.73 Å². The SMILES string of the molecule is Cc1c(NC(=O)/C=C/c2ccc(N3CCCC3=O)cc2)cccc1C(N)=O. The second-order valence-corrected chi connectivity index (χ2v) is 6.41. The molecule has 0 aromatic heterocycles. The third kappa shape index (κ3) is 4.23. The molecule has 2 aromatic rings. The minimum Gasteiger partial charge on any atom is -0.366 e. The molecule has 27 heavy (non-hydrogen) atoms. The van der Waals surface area contributed by atoms with Crippen molar-refractivity contribution in [3.8, 4) is 0 Å². The molecular formula is C21H21N3O3. The number of primary amides is 1. The Morgan fingerprint density at radius 1 is 1.15 bits per heavy atom. The summed E-state index contributed by atoms with van der Waals surface area (Å²) in [5.74, 6) is -0.694. The second kappa shape index (κ2) is 7.86. The highest BCUT2D eigenvalue weighted by Gasteiger charge is 2.21. The van der Waals surface area contributed by atoms with Gasteiger partial charge in [0.2, 0.25) is 17.7 Å². The molecule has 6 heteroatoms. The number of nitrogens with zero attached hydrogens (tertiary/aromatic N) is 1. The van der Waals surface area contributed by atoms with Crippen LogP contribution in [0.3, 0.4) is 0 Å². The lowest BCUT2D eigenvalue weighted by Gasteiger charge is -2.15. The maximum atomic E-state index is 12.2. The van der Waals surface area contributed by atoms with Gasteiger partial charge in [-0.05, 0) is 54.8 Å². The van der Waals surface area contributed by atoms with Gasteiger partial charge in [0.25, 0.3) is 0 Å². The molecule has 0 atom stereocenters. The van der Waals surface area contributed by atoms with Gasteiger partial charge in [-0.1, -0.05) is 18.2 Å². The monoisotopic (exact) mass is 363 g/mol. The van der Waals surface area contributed by atoms with Crippen LogP contribution in [0.25, 0.3) is 6.08 Å². The Hall–Kier alpha value is -3.41. The minimum absolute atomic E-state index is 0.145. The molecule has 0 spiro atoms. The molecular weight excluding hydrogens is 342 g/mol. The number of carbonyl (C=O) groups excluding carboxylic acids is 3. The zero-order chi connectivity index (χ0) is 19.4. The number of anilines is 2. The highest BCUT2D eigenvalue weighted by atomic mass is 16.2. The number of rotatable bonds is 5. The van der Waals surface area contributed by atoms with Crippen molar-refractivity contribution in [3.63, 3.8) is 0 Å². The van der Waals surface area contributed by atoms with E-state index in [1.54, 1.807) is 36.1 Å². The molecule has 0 bridgehead atoms. The smallest absolute Gasteiger partial charge is 0.249 e. The molecule has 1 aliphatic rings. The zero-order valence-electron chi connectivity index (χ0n) is 15.1. The maximum Gasteiger partial charge on any atom is 0.249 e. The number of carbonyl (C=O) groups is 3. The molecule has 1 heterocycles. The molecule has 3 amide bonds. The molecule has 0 unspecified atom stereocenters. The lowest BCUT2D eigenvalue weighted by molar-refractivity contribution is -0.117. The van der Waals surface area contributed by atoms with E-state index in [1.165, 1.54) is 6.08 Å². The predicted molar refractivity (Wildman–Crippen MR) is 105 cm³/mol. The number of benzene rings is 2. The van der Waals surface area contributed by atoms with E-state index in [2.05, 4.69) is 5.32 Å². The molecule has 138 valence electrons. The van der Waals surface area contributed by atoms with Crippen LogP contribution < -0.4 is 16.0 Å². The van der Waals surface area contributed by atoms with Gasteiger partial charge in [-0.2, -0.15) is 0 Å². The topological polar surface area (TPSA) is 92.5 Å². The van der Waals surface area contributed by atoms with E-state index in [9.17, 15) is 14.4 Å². The third-order valence-corrected chi connectivity index (χ3v) is 4.56. The number of nitrogens with two attached hydrogens (primary N) is 1. The first-order valence-electron chi connectivity index (χ1n) is 8.74. The number of hydrogen-bond donors (Lipinski definition) is 2. The van der Waals surface area contributed by atoms with Crippen LogP contribution in [0.15, 0.2) is 48.5 Å². The molecule has 3 rings (SSSR count). The predicted octanol–water partition coefficient (Wildman–Crippen LogP) is 2.87. The van der Waals surface area contributed by atoms with Gasteiger partial charge in [0.15, 0.2) is 0 Å². The average molecular weight is 363 g/mol. The Labute approximate surface area is 157 Å². The Balaban J connectivity index is 1.66. The first-order valence-corrected chi connectivity index (χ1v) is 8.74. The largest absolute Gasteiger partial charge is 0.366 e. The van der Waals surface area contributed by atoms with Gasteiger partial charge in [0.05, 0.1) is 0 Å². The van der Waals surface area contributed by atoms with Crippen LogP contribution in [-0.4, -0.2) is 24.3 Å². The maximum absolute atomic E-state index is 12.2. The number of hydrogen-bond acceptors (Lipinski definition) is 3. The van der Waals surface area contributed by atoms with Gasteiger partial charge in [-0.25, -0.2) is 0 Å². The fourth-order valence-electron chi connectivity index (χ4n) is 3.07. The number of nitrogens with one attached hydrogen (secondary N) is 1. The second-order valence-electron chi connectivity index (χ2n) is 6.41. The van der Waals surface area contributed by atoms with Crippen molar-refractivity contribution in [3.05, 3.63) is 65.2 Å². The van der Waals surface area contributed by atoms with Crippen LogP contribution in [0, 0.1) is 6.92 Å². The highest BCUT2D eigenvalue weighted by Crippen LogP contribution is 2.22. The lowest BCUT2D eigenvalue weighted by Crippen LogP contribution is -2.23. The van der Waals surface area contributed by atoms with Gasteiger partial charge >= 0.3 is 0 Å². The van der Waals surface area contributed by atoms with Crippen molar-refractivity contribution in [1.29, 1.82) is 0 Å². The van der Waals surface area contributed by atoms with Crippen molar-refractivity contribution in [2.45, 2.75) is 19.8 Å². The van der Waals surface area contributed by atoms with Gasteiger partial charge in [0, 0.05) is 36.0 Å². The Kier molecular flexibility index (Phi) is 5.35. The number of amides is 3. The van der Waals surface area contributed by atoms with Crippen LogP contribution in [0.5, 0.6) is 0 Å². The van der Waals surface area contributed by atoms with Crippen LogP contribution >= 0.6 is 0 Å². The van der Waals surface area contributed by atoms with Crippen molar-refractivity contribution in [1.82, 2.24) is 0 Å². The van der Waals surface area contributed by atoms with Gasteiger partial charge < -0.3 is 16.0 Å². The summed E-state index contributed by atoms with van der Waals surface area (Å²) in [5, 5.41) is 2.75. The van der Waals surface area contributed by atoms with Crippen molar-refractivity contribution < 1.29 is 14.4 Å². The van der Waals surface area contributed by atoms with Crippen molar-refractivity contribution >= 4 is 35.2 Å². The quantitative estimate of drug-likeness (QED) is 0.800. The molecule has 6 nitrogen and oxygen atoms in total. The van der Waals surface area contributed by atoms with Gasteiger partial charge in [0.1, 0.15) is 0 Å². The summed E-state index contributed by atoms with van der Waals surface area (Å²) in [6.07, 6.45) is 4.60. The Morgan fingerprint density at radius 3 is 2.52 bits per heavy atom. The summed E-state index contributed by atoms with van der Waals surface area (Å²) in [5.41, 5.74) is 8.60. The molecule has 0 aliphatic carbocycles. The molecule has 2 aromatic carbocycles. The summed E-state index contributed by atoms with van der Waals surface area (Å²) >= 11 is 0. The normalized spacial score (nSPS) is 14.0. The van der Waals surface area contributed by atoms with Gasteiger partial charge in [-0.15, -0.1) is 0 Å². The van der Waals surface area contributed by atoms with Crippen molar-refractivity contribution in [2.75, 3.05) is 16.8 Å². The summed E-state index contributed by atoms with van der Waals surface area (Å²) < 4.78 is 0. The molecule has 0 radical (unpaired) electrons. The Bertz CT molecular complexity index is 917. The highest BCUT2D eigenvalue weighted by molar-refractivity contribution is 6.04. The lowest BCUT2D eigenvalue weighted by atomic mass is 10.1. The van der Waals surface area contributed by atoms with Crippen LogP contribution in [-0.2, 0) is 9.59 Å². The summed E-state index contributed by atoms with van der Waals surface area (Å²) in [7, 11) is 0. The summed E-state index contributed by atoms with van der Waals surface area (Å²) in [6, 6.07) is 12.5. The van der Waals surface area contributed by atoms with E-state index in [4.69, 9.17) is 5.73 Å². The van der Waals surface area contributed by atoms with E-state index in [0.29, 0.717) is 23.2 Å². The summed E-state index contributed by atoms with van der Waals surface area (Å²) in [4.78, 5) is 37.1. The van der Waals surface area contributed by atoms with E-state index < -0.39 is 5.91 Å². The average Bonchev–Trinajstić information content (AvgIpc) is 3.08. The first kappa shape index (κ1) is 18.4. The standard InChI is InChI=1S/C21H21N3O3/c1-14-17(21(22)27)4-2-5-18(14)23-19(25)12-9-15-7-10-16(11-8-15)24-13-3-6-20(24)26/h2,4-5,7-12H,3,6,13H2,1H3,(H2,22,27)(H,23,25)/b12-9+. The zero-order valence-corrected chi connectivity index (χ0v) is 15.1. The fraction of sp³-hybridized carbons (Fsp3) is 0.190. The van der Waals surface area contributed by atoms with E-state index in [1.807, 2.05) is 24.3 Å². The van der Waals surface area contributed by atoms with E-state index in [-0.39, 0.29) is 11.8 Å². The minimum atomic E-state index is -0.532. The molecule has 1 aliphatic heterocycles. The third-order valence-electron chi connectivity index (χ3n) is 4.56. The van der Waals surface area contributed by atoms with Gasteiger partial charge in [-0.3, -0.25) is 14.4 Å². The van der Waals surface area contributed by atoms with Crippen LogP contribution in [0.1, 0.15) is 34.3 Å². The molecule has 1 saturated heterocycles. The van der Waals surface area contributed by atoms with E-state index in [0.717, 1.165) is 24.2 Å². The van der Waals surface area contributed by atoms with Crippen LogP contribution in [0.2, 0.25) is 0 Å². The van der Waals surface area contributed by atoms with E-state index >= 15 is 0 Å². The molecule has 1 fully saturated rings.